The molecule has 1 saturated heterocycles. The zero-order chi connectivity index (χ0) is 14.6. The monoisotopic (exact) mass is 297 g/mol. The largest absolute Gasteiger partial charge is 0.377 e. The second kappa shape index (κ2) is 6.87. The summed E-state index contributed by atoms with van der Waals surface area (Å²) in [7, 11) is 1.81. The van der Waals surface area contributed by atoms with Gasteiger partial charge in [-0.2, -0.15) is 0 Å². The van der Waals surface area contributed by atoms with Gasteiger partial charge in [0.1, 0.15) is 0 Å². The number of nitrogens with zero attached hydrogens (tertiary/aromatic N) is 2. The average Bonchev–Trinajstić information content (AvgIpc) is 2.95. The number of thiazole rings is 1. The van der Waals surface area contributed by atoms with Gasteiger partial charge in [-0.05, 0) is 39.7 Å². The number of piperidine rings is 1. The van der Waals surface area contributed by atoms with Crippen LogP contribution in [0.3, 0.4) is 0 Å². The number of rotatable bonds is 6. The van der Waals surface area contributed by atoms with Crippen LogP contribution in [0.25, 0.3) is 0 Å². The lowest BCUT2D eigenvalue weighted by Gasteiger charge is -2.39. The van der Waals surface area contributed by atoms with E-state index in [-0.39, 0.29) is 5.60 Å². The molecule has 0 aliphatic carbocycles. The zero-order valence-corrected chi connectivity index (χ0v) is 13.9. The Labute approximate surface area is 126 Å². The van der Waals surface area contributed by atoms with Crippen molar-refractivity contribution >= 4 is 16.5 Å². The van der Waals surface area contributed by atoms with Gasteiger partial charge in [0, 0.05) is 31.6 Å². The molecule has 0 radical (unpaired) electrons. The van der Waals surface area contributed by atoms with Gasteiger partial charge in [0.2, 0.25) is 0 Å². The van der Waals surface area contributed by atoms with Gasteiger partial charge < -0.3 is 15.0 Å². The van der Waals surface area contributed by atoms with Crippen LogP contribution in [0.5, 0.6) is 0 Å². The van der Waals surface area contributed by atoms with Crippen LogP contribution in [0, 0.1) is 0 Å². The van der Waals surface area contributed by atoms with Crippen molar-refractivity contribution in [3.63, 3.8) is 0 Å². The van der Waals surface area contributed by atoms with Gasteiger partial charge in [-0.3, -0.25) is 0 Å². The molecule has 0 amide bonds. The highest BCUT2D eigenvalue weighted by atomic mass is 32.1. The van der Waals surface area contributed by atoms with Crippen LogP contribution in [0.4, 0.5) is 5.13 Å². The Hall–Kier alpha value is -0.650. The number of anilines is 1. The minimum Gasteiger partial charge on any atom is -0.377 e. The summed E-state index contributed by atoms with van der Waals surface area (Å²) in [6.45, 7) is 9.63. The third kappa shape index (κ3) is 3.71. The zero-order valence-electron chi connectivity index (χ0n) is 13.1. The van der Waals surface area contributed by atoms with Crippen LogP contribution in [-0.4, -0.2) is 37.3 Å². The first-order valence-corrected chi connectivity index (χ1v) is 8.45. The van der Waals surface area contributed by atoms with Crippen molar-refractivity contribution in [3.05, 3.63) is 11.1 Å². The first-order chi connectivity index (χ1) is 9.58. The van der Waals surface area contributed by atoms with Crippen LogP contribution in [-0.2, 0) is 4.74 Å². The highest BCUT2D eigenvalue weighted by Crippen LogP contribution is 2.31. The van der Waals surface area contributed by atoms with Crippen LogP contribution in [0.1, 0.15) is 51.8 Å². The Morgan fingerprint density at radius 3 is 3.10 bits per heavy atom. The molecular formula is C15H27N3OS. The third-order valence-electron chi connectivity index (χ3n) is 4.08. The number of nitrogens with one attached hydrogen (secondary N) is 1. The van der Waals surface area contributed by atoms with Crippen molar-refractivity contribution in [1.29, 1.82) is 0 Å². The van der Waals surface area contributed by atoms with Crippen LogP contribution >= 0.6 is 11.3 Å². The van der Waals surface area contributed by atoms with Crippen molar-refractivity contribution in [1.82, 2.24) is 10.3 Å². The van der Waals surface area contributed by atoms with E-state index < -0.39 is 0 Å². The molecule has 1 aromatic rings. The maximum atomic E-state index is 5.66. The Morgan fingerprint density at radius 2 is 2.40 bits per heavy atom. The van der Waals surface area contributed by atoms with Crippen molar-refractivity contribution < 1.29 is 4.74 Å². The Morgan fingerprint density at radius 1 is 1.60 bits per heavy atom. The van der Waals surface area contributed by atoms with E-state index in [0.717, 1.165) is 43.3 Å². The summed E-state index contributed by atoms with van der Waals surface area (Å²) in [5.74, 6) is 0. The van der Waals surface area contributed by atoms with Gasteiger partial charge >= 0.3 is 0 Å². The molecule has 20 heavy (non-hydrogen) atoms. The summed E-state index contributed by atoms with van der Waals surface area (Å²) in [5, 5.41) is 6.81. The molecule has 1 fully saturated rings. The number of methoxy groups -OCH3 is 1. The molecule has 0 saturated carbocycles. The molecule has 2 rings (SSSR count). The SMILES string of the molecule is CCCNC(C)c1csc(N2CCCC(C)(OC)C2)n1. The van der Waals surface area contributed by atoms with Crippen molar-refractivity contribution in [2.75, 3.05) is 31.6 Å². The lowest BCUT2D eigenvalue weighted by Crippen LogP contribution is -2.47. The summed E-state index contributed by atoms with van der Waals surface area (Å²) in [4.78, 5) is 7.18. The molecule has 114 valence electrons. The molecule has 5 heteroatoms. The van der Waals surface area contributed by atoms with E-state index in [9.17, 15) is 0 Å². The predicted octanol–water partition coefficient (Wildman–Crippen LogP) is 3.21. The van der Waals surface area contributed by atoms with E-state index in [4.69, 9.17) is 9.72 Å². The first-order valence-electron chi connectivity index (χ1n) is 7.57. The molecule has 1 aliphatic rings. The lowest BCUT2D eigenvalue weighted by molar-refractivity contribution is -0.00466. The smallest absolute Gasteiger partial charge is 0.185 e. The Kier molecular flexibility index (Phi) is 5.41. The summed E-state index contributed by atoms with van der Waals surface area (Å²) in [6, 6.07) is 0.332. The van der Waals surface area contributed by atoms with Gasteiger partial charge in [-0.1, -0.05) is 6.92 Å². The van der Waals surface area contributed by atoms with Gasteiger partial charge in [-0.25, -0.2) is 4.98 Å². The summed E-state index contributed by atoms with van der Waals surface area (Å²) >= 11 is 1.75. The minimum atomic E-state index is -0.0316. The fraction of sp³-hybridized carbons (Fsp3) is 0.800. The standard InChI is InChI=1S/C15H27N3OS/c1-5-8-16-12(2)13-10-20-14(17-13)18-9-6-7-15(3,11-18)19-4/h10,12,16H,5-9,11H2,1-4H3. The molecule has 2 atom stereocenters. The van der Waals surface area contributed by atoms with E-state index in [1.165, 1.54) is 6.42 Å². The summed E-state index contributed by atoms with van der Waals surface area (Å²) in [5.41, 5.74) is 1.12. The molecule has 0 spiro atoms. The molecule has 2 heterocycles. The minimum absolute atomic E-state index is 0.0316. The van der Waals surface area contributed by atoms with Crippen LogP contribution in [0.2, 0.25) is 0 Å². The fourth-order valence-electron chi connectivity index (χ4n) is 2.62. The van der Waals surface area contributed by atoms with E-state index in [1.54, 1.807) is 11.3 Å². The molecular weight excluding hydrogens is 270 g/mol. The average molecular weight is 297 g/mol. The van der Waals surface area contributed by atoms with Crippen LogP contribution < -0.4 is 10.2 Å². The van der Waals surface area contributed by atoms with Crippen LogP contribution in [0.15, 0.2) is 5.38 Å². The van der Waals surface area contributed by atoms with Gasteiger partial charge in [0.05, 0.1) is 11.3 Å². The summed E-state index contributed by atoms with van der Waals surface area (Å²) in [6.07, 6.45) is 3.45. The molecule has 0 bridgehead atoms. The maximum absolute atomic E-state index is 5.66. The number of ether oxygens (including phenoxy) is 1. The molecule has 1 N–H and O–H groups in total. The molecule has 2 unspecified atom stereocenters. The number of aromatic nitrogens is 1. The van der Waals surface area contributed by atoms with E-state index in [2.05, 4.69) is 36.4 Å². The lowest BCUT2D eigenvalue weighted by atomic mass is 9.95. The molecule has 4 nitrogen and oxygen atoms in total. The quantitative estimate of drug-likeness (QED) is 0.875. The number of hydrogen-bond acceptors (Lipinski definition) is 5. The van der Waals surface area contributed by atoms with Crippen molar-refractivity contribution in [2.45, 2.75) is 51.7 Å². The molecule has 1 aromatic heterocycles. The topological polar surface area (TPSA) is 37.4 Å². The number of hydrogen-bond donors (Lipinski definition) is 1. The van der Waals surface area contributed by atoms with E-state index in [0.29, 0.717) is 6.04 Å². The van der Waals surface area contributed by atoms with Crippen molar-refractivity contribution in [3.8, 4) is 0 Å². The Bertz CT molecular complexity index is 423. The van der Waals surface area contributed by atoms with E-state index >= 15 is 0 Å². The fourth-order valence-corrected chi connectivity index (χ4v) is 3.57. The highest BCUT2D eigenvalue weighted by molar-refractivity contribution is 7.13. The van der Waals surface area contributed by atoms with Gasteiger partial charge in [-0.15, -0.1) is 11.3 Å². The second-order valence-electron chi connectivity index (χ2n) is 5.91. The first kappa shape index (κ1) is 15.7. The third-order valence-corrected chi connectivity index (χ3v) is 5.00. The molecule has 1 aliphatic heterocycles. The van der Waals surface area contributed by atoms with Gasteiger partial charge in [0.25, 0.3) is 0 Å². The molecule has 0 aromatic carbocycles. The predicted molar refractivity (Wildman–Crippen MR) is 85.7 cm³/mol. The summed E-state index contributed by atoms with van der Waals surface area (Å²) < 4.78 is 5.66. The second-order valence-corrected chi connectivity index (χ2v) is 6.75. The van der Waals surface area contributed by atoms with Crippen molar-refractivity contribution in [2.24, 2.45) is 0 Å². The normalized spacial score (nSPS) is 24.9. The Balaban J connectivity index is 2.01. The highest BCUT2D eigenvalue weighted by Gasteiger charge is 2.32. The van der Waals surface area contributed by atoms with E-state index in [1.807, 2.05) is 7.11 Å². The van der Waals surface area contributed by atoms with Gasteiger partial charge in [0.15, 0.2) is 5.13 Å². The maximum Gasteiger partial charge on any atom is 0.185 e.